The van der Waals surface area contributed by atoms with Crippen LogP contribution in [0.3, 0.4) is 0 Å². The molecule has 0 amide bonds. The van der Waals surface area contributed by atoms with Crippen molar-refractivity contribution >= 4 is 39.5 Å². The van der Waals surface area contributed by atoms with Crippen molar-refractivity contribution in [3.05, 3.63) is 0 Å². The first-order valence-corrected chi connectivity index (χ1v) is 36.7. The Balaban J connectivity index is 5.27. The average Bonchev–Trinajstić information content (AvgIpc) is 3.50. The zero-order valence-corrected chi connectivity index (χ0v) is 56.3. The van der Waals surface area contributed by atoms with Crippen molar-refractivity contribution in [2.45, 2.75) is 331 Å². The third kappa shape index (κ3) is 57.8. The van der Waals surface area contributed by atoms with Crippen LogP contribution in [-0.4, -0.2) is 96.7 Å². The molecule has 0 saturated heterocycles. The van der Waals surface area contributed by atoms with Gasteiger partial charge in [-0.1, -0.05) is 261 Å². The zero-order chi connectivity index (χ0) is 62.5. The van der Waals surface area contributed by atoms with Gasteiger partial charge in [-0.25, -0.2) is 9.13 Å². The second kappa shape index (κ2) is 55.2. The van der Waals surface area contributed by atoms with Gasteiger partial charge in [-0.2, -0.15) is 0 Å². The third-order valence-corrected chi connectivity index (χ3v) is 17.1. The lowest BCUT2D eigenvalue weighted by Crippen LogP contribution is -2.30. The Hall–Kier alpha value is -1.94. The fraction of sp³-hybridized carbons (Fsp3) is 0.938. The number of hydrogen-bond acceptors (Lipinski definition) is 15. The molecule has 0 aromatic heterocycles. The minimum absolute atomic E-state index is 0.103. The van der Waals surface area contributed by atoms with Crippen LogP contribution >= 0.6 is 15.6 Å². The first-order valence-electron chi connectivity index (χ1n) is 33.7. The summed E-state index contributed by atoms with van der Waals surface area (Å²) in [7, 11) is -9.89. The lowest BCUT2D eigenvalue weighted by Gasteiger charge is -2.21. The predicted octanol–water partition coefficient (Wildman–Crippen LogP) is 17.8. The smallest absolute Gasteiger partial charge is 0.462 e. The standard InChI is InChI=1S/C65H126O17P2/c1-9-58(8)44-36-28-20-13-14-22-32-40-48-65(70)82-61(52-76-63(68)46-38-30-24-16-19-27-35-43-57(6)7)54-80-84(73,74)78-50-59(66)49-77-83(71,72)79-53-60(51-75-62(67)45-37-29-23-15-18-26-34-42-56(4)5)81-64(69)47-39-31-21-12-10-11-17-25-33-41-55(2)3/h55-61,66H,9-54H2,1-8H3,(H,71,72)(H,73,74)/t58?,59?,60-,61-/m1/s1. The summed E-state index contributed by atoms with van der Waals surface area (Å²) in [6.45, 7) is 14.0. The van der Waals surface area contributed by atoms with Crippen molar-refractivity contribution in [2.75, 3.05) is 39.6 Å². The van der Waals surface area contributed by atoms with E-state index in [9.17, 15) is 43.2 Å². The number of carbonyl (C=O) groups is 4. The van der Waals surface area contributed by atoms with E-state index in [1.807, 2.05) is 0 Å². The Morgan fingerprint density at radius 3 is 0.845 bits per heavy atom. The Morgan fingerprint density at radius 1 is 0.333 bits per heavy atom. The van der Waals surface area contributed by atoms with Gasteiger partial charge in [0.05, 0.1) is 26.4 Å². The molecular weight excluding hydrogens is 1110 g/mol. The van der Waals surface area contributed by atoms with Crippen LogP contribution in [0, 0.1) is 23.7 Å². The van der Waals surface area contributed by atoms with E-state index in [2.05, 4.69) is 55.4 Å². The summed E-state index contributed by atoms with van der Waals surface area (Å²) in [5, 5.41) is 10.5. The number of hydrogen-bond donors (Lipinski definition) is 3. The van der Waals surface area contributed by atoms with E-state index >= 15 is 0 Å². The summed E-state index contributed by atoms with van der Waals surface area (Å²) in [5.74, 6) is 0.776. The number of phosphoric ester groups is 2. The number of esters is 4. The molecule has 0 bridgehead atoms. The van der Waals surface area contributed by atoms with Gasteiger partial charge in [0.2, 0.25) is 0 Å². The first-order chi connectivity index (χ1) is 40.1. The highest BCUT2D eigenvalue weighted by molar-refractivity contribution is 7.47. The van der Waals surface area contributed by atoms with Crippen LogP contribution in [0.5, 0.6) is 0 Å². The number of unbranched alkanes of at least 4 members (excludes halogenated alkanes) is 27. The normalized spacial score (nSPS) is 14.7. The molecule has 0 aliphatic rings. The molecule has 0 fully saturated rings. The van der Waals surface area contributed by atoms with Gasteiger partial charge < -0.3 is 33.8 Å². The number of carbonyl (C=O) groups excluding carboxylic acids is 4. The maximum absolute atomic E-state index is 13.0. The van der Waals surface area contributed by atoms with Crippen LogP contribution in [-0.2, 0) is 65.4 Å². The van der Waals surface area contributed by atoms with Crippen molar-refractivity contribution in [3.8, 4) is 0 Å². The van der Waals surface area contributed by atoms with Crippen LogP contribution in [0.1, 0.15) is 312 Å². The third-order valence-electron chi connectivity index (χ3n) is 15.2. The quantitative estimate of drug-likeness (QED) is 0.0222. The molecule has 0 aliphatic heterocycles. The minimum atomic E-state index is -4.95. The second-order valence-electron chi connectivity index (χ2n) is 25.2. The van der Waals surface area contributed by atoms with E-state index in [0.29, 0.717) is 37.5 Å². The van der Waals surface area contributed by atoms with Gasteiger partial charge in [-0.05, 0) is 49.4 Å². The monoisotopic (exact) mass is 1240 g/mol. The summed E-state index contributed by atoms with van der Waals surface area (Å²) in [6, 6.07) is 0. The Labute approximate surface area is 511 Å². The molecule has 0 rings (SSSR count). The maximum atomic E-state index is 13.0. The van der Waals surface area contributed by atoms with Gasteiger partial charge in [0, 0.05) is 25.7 Å². The van der Waals surface area contributed by atoms with Crippen molar-refractivity contribution in [2.24, 2.45) is 23.7 Å². The summed E-state index contributed by atoms with van der Waals surface area (Å²) < 4.78 is 68.0. The Morgan fingerprint density at radius 2 is 0.571 bits per heavy atom. The second-order valence-corrected chi connectivity index (χ2v) is 28.1. The topological polar surface area (TPSA) is 237 Å². The fourth-order valence-electron chi connectivity index (χ4n) is 9.57. The molecule has 0 radical (unpaired) electrons. The van der Waals surface area contributed by atoms with Crippen LogP contribution in [0.2, 0.25) is 0 Å². The van der Waals surface area contributed by atoms with Crippen molar-refractivity contribution in [1.29, 1.82) is 0 Å². The predicted molar refractivity (Wildman–Crippen MR) is 335 cm³/mol. The number of rotatable bonds is 62. The minimum Gasteiger partial charge on any atom is -0.462 e. The molecule has 498 valence electrons. The van der Waals surface area contributed by atoms with E-state index in [4.69, 9.17) is 37.0 Å². The molecule has 19 heteroatoms. The van der Waals surface area contributed by atoms with Gasteiger partial charge in [0.1, 0.15) is 19.3 Å². The molecule has 3 N–H and O–H groups in total. The lowest BCUT2D eigenvalue weighted by molar-refractivity contribution is -0.161. The highest BCUT2D eigenvalue weighted by Gasteiger charge is 2.30. The van der Waals surface area contributed by atoms with Gasteiger partial charge in [0.25, 0.3) is 0 Å². The summed E-state index contributed by atoms with van der Waals surface area (Å²) >= 11 is 0. The molecule has 0 aliphatic carbocycles. The molecule has 6 atom stereocenters. The van der Waals surface area contributed by atoms with Gasteiger partial charge >= 0.3 is 39.5 Å². The maximum Gasteiger partial charge on any atom is 0.472 e. The van der Waals surface area contributed by atoms with E-state index in [1.54, 1.807) is 0 Å². The molecule has 17 nitrogen and oxygen atoms in total. The summed E-state index contributed by atoms with van der Waals surface area (Å²) in [6.07, 6.45) is 34.9. The van der Waals surface area contributed by atoms with Crippen molar-refractivity contribution in [3.63, 3.8) is 0 Å². The number of ether oxygens (including phenoxy) is 4. The molecule has 0 aromatic carbocycles. The first kappa shape index (κ1) is 82.1. The Bertz CT molecular complexity index is 1680. The van der Waals surface area contributed by atoms with Gasteiger partial charge in [-0.3, -0.25) is 37.3 Å². The molecule has 0 saturated carbocycles. The largest absolute Gasteiger partial charge is 0.472 e. The Kier molecular flexibility index (Phi) is 53.9. The molecule has 4 unspecified atom stereocenters. The van der Waals surface area contributed by atoms with Gasteiger partial charge in [0.15, 0.2) is 12.2 Å². The van der Waals surface area contributed by atoms with Crippen LogP contribution in [0.25, 0.3) is 0 Å². The molecule has 0 aromatic rings. The molecule has 0 spiro atoms. The zero-order valence-electron chi connectivity index (χ0n) is 54.5. The fourth-order valence-corrected chi connectivity index (χ4v) is 11.2. The van der Waals surface area contributed by atoms with Crippen molar-refractivity contribution in [1.82, 2.24) is 0 Å². The number of phosphoric acid groups is 2. The van der Waals surface area contributed by atoms with E-state index in [-0.39, 0.29) is 25.7 Å². The van der Waals surface area contributed by atoms with Crippen LogP contribution in [0.15, 0.2) is 0 Å². The van der Waals surface area contributed by atoms with E-state index in [1.165, 1.54) is 103 Å². The molecule has 0 heterocycles. The summed E-state index contributed by atoms with van der Waals surface area (Å²) in [5.41, 5.74) is 0. The van der Waals surface area contributed by atoms with E-state index < -0.39 is 97.5 Å². The molecule has 84 heavy (non-hydrogen) atoms. The molecular formula is C65H126O17P2. The van der Waals surface area contributed by atoms with Crippen molar-refractivity contribution < 1.29 is 80.2 Å². The highest BCUT2D eigenvalue weighted by atomic mass is 31.2. The SMILES string of the molecule is CCC(C)CCCCCCCCCCC(=O)O[C@H](COC(=O)CCCCCCCCCC(C)C)COP(=O)(O)OCC(O)COP(=O)(O)OC[C@@H](COC(=O)CCCCCCCCCC(C)C)OC(=O)CCCCCCCCCCCC(C)C. The lowest BCUT2D eigenvalue weighted by atomic mass is 9.99. The van der Waals surface area contributed by atoms with Gasteiger partial charge in [-0.15, -0.1) is 0 Å². The number of aliphatic hydroxyl groups excluding tert-OH is 1. The van der Waals surface area contributed by atoms with Crippen LogP contribution < -0.4 is 0 Å². The van der Waals surface area contributed by atoms with Crippen LogP contribution in [0.4, 0.5) is 0 Å². The van der Waals surface area contributed by atoms with E-state index in [0.717, 1.165) is 115 Å². The summed E-state index contributed by atoms with van der Waals surface area (Å²) in [4.78, 5) is 72.3. The number of aliphatic hydroxyl groups is 1. The average molecular weight is 1240 g/mol. The highest BCUT2D eigenvalue weighted by Crippen LogP contribution is 2.45.